The molecule has 0 amide bonds. The molecule has 2 aromatic heterocycles. The monoisotopic (exact) mass is 289 g/mol. The van der Waals surface area contributed by atoms with Crippen molar-refractivity contribution < 1.29 is 0 Å². The molecule has 0 unspecified atom stereocenters. The van der Waals surface area contributed by atoms with Crippen LogP contribution in [0.4, 0.5) is 5.82 Å². The third-order valence-corrected chi connectivity index (χ3v) is 2.86. The number of halogens is 2. The predicted octanol–water partition coefficient (Wildman–Crippen LogP) is 1.66. The molecule has 0 fully saturated rings. The van der Waals surface area contributed by atoms with Crippen LogP contribution in [0.1, 0.15) is 5.69 Å². The molecular weight excluding hydrogens is 281 g/mol. The maximum atomic E-state index is 5.79. The minimum atomic E-state index is 0.337. The zero-order valence-electron chi connectivity index (χ0n) is 7.98. The summed E-state index contributed by atoms with van der Waals surface area (Å²) in [5, 5.41) is 8.78. The van der Waals surface area contributed by atoms with Crippen LogP contribution in [0.25, 0.3) is 0 Å². The molecule has 5 nitrogen and oxygen atoms in total. The van der Waals surface area contributed by atoms with E-state index in [1.807, 2.05) is 13.2 Å². The molecule has 0 radical (unpaired) electrons. The lowest BCUT2D eigenvalue weighted by molar-refractivity contribution is 0.651. The number of rotatable bonds is 2. The van der Waals surface area contributed by atoms with Crippen LogP contribution in [0.2, 0.25) is 5.02 Å². The number of aromatic nitrogens is 4. The fourth-order valence-corrected chi connectivity index (χ4v) is 1.91. The standard InChI is InChI=1S/C8H9BrClN5/c1-14-2-5(9)7(12-14)4-15-3-6(10)8(11)13-15/h2-3H,4H2,1H3,(H2,11,13). The fraction of sp³-hybridized carbons (Fsp3) is 0.250. The summed E-state index contributed by atoms with van der Waals surface area (Å²) >= 11 is 9.21. The summed E-state index contributed by atoms with van der Waals surface area (Å²) in [7, 11) is 1.86. The highest BCUT2D eigenvalue weighted by atomic mass is 79.9. The van der Waals surface area contributed by atoms with Crippen molar-refractivity contribution in [2.45, 2.75) is 6.54 Å². The Balaban J connectivity index is 2.25. The van der Waals surface area contributed by atoms with Crippen molar-refractivity contribution in [3.05, 3.63) is 27.6 Å². The Morgan fingerprint density at radius 1 is 1.47 bits per heavy atom. The van der Waals surface area contributed by atoms with E-state index in [1.165, 1.54) is 0 Å². The van der Waals surface area contributed by atoms with Crippen LogP contribution in [0.5, 0.6) is 0 Å². The molecule has 0 aliphatic carbocycles. The van der Waals surface area contributed by atoms with Gasteiger partial charge in [0.15, 0.2) is 5.82 Å². The van der Waals surface area contributed by atoms with Gasteiger partial charge in [0.25, 0.3) is 0 Å². The molecule has 0 spiro atoms. The van der Waals surface area contributed by atoms with Crippen molar-refractivity contribution in [2.24, 2.45) is 7.05 Å². The van der Waals surface area contributed by atoms with Gasteiger partial charge < -0.3 is 5.73 Å². The summed E-state index contributed by atoms with van der Waals surface area (Å²) in [5.41, 5.74) is 6.42. The van der Waals surface area contributed by atoms with Crippen molar-refractivity contribution in [1.29, 1.82) is 0 Å². The number of anilines is 1. The predicted molar refractivity (Wildman–Crippen MR) is 61.7 cm³/mol. The van der Waals surface area contributed by atoms with Gasteiger partial charge in [-0.2, -0.15) is 10.2 Å². The Labute approximate surface area is 99.9 Å². The van der Waals surface area contributed by atoms with Gasteiger partial charge in [-0.25, -0.2) is 0 Å². The van der Waals surface area contributed by atoms with Gasteiger partial charge in [-0.05, 0) is 15.9 Å². The molecule has 0 aliphatic rings. The Morgan fingerprint density at radius 3 is 2.67 bits per heavy atom. The summed E-state index contributed by atoms with van der Waals surface area (Å²) in [6, 6.07) is 0. The summed E-state index contributed by atoms with van der Waals surface area (Å²) in [5.74, 6) is 0.337. The van der Waals surface area contributed by atoms with Crippen molar-refractivity contribution in [1.82, 2.24) is 19.6 Å². The second kappa shape index (κ2) is 3.86. The van der Waals surface area contributed by atoms with Crippen molar-refractivity contribution >= 4 is 33.3 Å². The molecule has 0 saturated heterocycles. The normalized spacial score (nSPS) is 10.9. The largest absolute Gasteiger partial charge is 0.381 e. The molecule has 0 saturated carbocycles. The maximum absolute atomic E-state index is 5.79. The van der Waals surface area contributed by atoms with E-state index in [-0.39, 0.29) is 0 Å². The second-order valence-electron chi connectivity index (χ2n) is 3.16. The van der Waals surface area contributed by atoms with E-state index in [2.05, 4.69) is 26.1 Å². The maximum Gasteiger partial charge on any atom is 0.164 e. The van der Waals surface area contributed by atoms with E-state index < -0.39 is 0 Å². The third-order valence-electron chi connectivity index (χ3n) is 1.91. The average molecular weight is 291 g/mol. The third kappa shape index (κ3) is 2.15. The second-order valence-corrected chi connectivity index (χ2v) is 4.42. The Morgan fingerprint density at radius 2 is 2.20 bits per heavy atom. The summed E-state index contributed by atoms with van der Waals surface area (Å²) in [4.78, 5) is 0. The lowest BCUT2D eigenvalue weighted by atomic mass is 10.4. The SMILES string of the molecule is Cn1cc(Br)c(Cn2cc(Cl)c(N)n2)n1. The minimum absolute atomic E-state index is 0.337. The molecule has 7 heteroatoms. The molecule has 0 bridgehead atoms. The first kappa shape index (κ1) is 10.5. The molecular formula is C8H9BrClN5. The highest BCUT2D eigenvalue weighted by Gasteiger charge is 2.08. The van der Waals surface area contributed by atoms with E-state index in [0.29, 0.717) is 17.4 Å². The average Bonchev–Trinajstić information content (AvgIpc) is 2.59. The molecule has 80 valence electrons. The van der Waals surface area contributed by atoms with E-state index in [0.717, 1.165) is 10.2 Å². The molecule has 0 aliphatic heterocycles. The van der Waals surface area contributed by atoms with Crippen LogP contribution in [-0.4, -0.2) is 19.6 Å². The van der Waals surface area contributed by atoms with Crippen LogP contribution in [-0.2, 0) is 13.6 Å². The van der Waals surface area contributed by atoms with E-state index in [1.54, 1.807) is 15.6 Å². The highest BCUT2D eigenvalue weighted by molar-refractivity contribution is 9.10. The molecule has 2 heterocycles. The fourth-order valence-electron chi connectivity index (χ4n) is 1.26. The summed E-state index contributed by atoms with van der Waals surface area (Å²) < 4.78 is 4.33. The van der Waals surface area contributed by atoms with Crippen molar-refractivity contribution in [3.63, 3.8) is 0 Å². The number of nitrogen functional groups attached to an aromatic ring is 1. The summed E-state index contributed by atoms with van der Waals surface area (Å²) in [6.45, 7) is 0.540. The first-order valence-electron chi connectivity index (χ1n) is 4.22. The van der Waals surface area contributed by atoms with Crippen LogP contribution in [0, 0.1) is 0 Å². The van der Waals surface area contributed by atoms with Crippen molar-refractivity contribution in [3.8, 4) is 0 Å². The van der Waals surface area contributed by atoms with Gasteiger partial charge in [-0.3, -0.25) is 9.36 Å². The molecule has 2 rings (SSSR count). The van der Waals surface area contributed by atoms with Gasteiger partial charge in [0, 0.05) is 19.4 Å². The zero-order chi connectivity index (χ0) is 11.0. The lowest BCUT2D eigenvalue weighted by Gasteiger charge is -1.97. The lowest BCUT2D eigenvalue weighted by Crippen LogP contribution is -2.03. The van der Waals surface area contributed by atoms with E-state index in [9.17, 15) is 0 Å². The Hall–Kier alpha value is -1.01. The molecule has 15 heavy (non-hydrogen) atoms. The van der Waals surface area contributed by atoms with Gasteiger partial charge in [0.05, 0.1) is 16.7 Å². The molecule has 0 atom stereocenters. The summed E-state index contributed by atoms with van der Waals surface area (Å²) in [6.07, 6.45) is 3.56. The highest BCUT2D eigenvalue weighted by Crippen LogP contribution is 2.19. The van der Waals surface area contributed by atoms with E-state index in [4.69, 9.17) is 17.3 Å². The number of aryl methyl sites for hydroxylation is 1. The van der Waals surface area contributed by atoms with Crippen LogP contribution in [0.15, 0.2) is 16.9 Å². The van der Waals surface area contributed by atoms with Crippen LogP contribution in [0.3, 0.4) is 0 Å². The topological polar surface area (TPSA) is 61.7 Å². The quantitative estimate of drug-likeness (QED) is 0.915. The zero-order valence-corrected chi connectivity index (χ0v) is 10.3. The van der Waals surface area contributed by atoms with E-state index >= 15 is 0 Å². The van der Waals surface area contributed by atoms with Gasteiger partial charge in [-0.1, -0.05) is 11.6 Å². The van der Waals surface area contributed by atoms with Crippen LogP contribution >= 0.6 is 27.5 Å². The number of hydrogen-bond donors (Lipinski definition) is 1. The van der Waals surface area contributed by atoms with Gasteiger partial charge in [-0.15, -0.1) is 0 Å². The Kier molecular flexibility index (Phi) is 2.70. The Bertz CT molecular complexity index is 470. The number of hydrogen-bond acceptors (Lipinski definition) is 3. The first-order valence-corrected chi connectivity index (χ1v) is 5.40. The minimum Gasteiger partial charge on any atom is -0.381 e. The molecule has 2 N–H and O–H groups in total. The molecule has 2 aromatic rings. The first-order chi connectivity index (χ1) is 7.06. The van der Waals surface area contributed by atoms with Crippen LogP contribution < -0.4 is 5.73 Å². The van der Waals surface area contributed by atoms with Crippen molar-refractivity contribution in [2.75, 3.05) is 5.73 Å². The van der Waals surface area contributed by atoms with Gasteiger partial charge in [0.2, 0.25) is 0 Å². The number of nitrogens with zero attached hydrogens (tertiary/aromatic N) is 4. The van der Waals surface area contributed by atoms with Gasteiger partial charge >= 0.3 is 0 Å². The smallest absolute Gasteiger partial charge is 0.164 e. The number of nitrogens with two attached hydrogens (primary N) is 1. The molecule has 0 aromatic carbocycles. The van der Waals surface area contributed by atoms with Gasteiger partial charge in [0.1, 0.15) is 5.02 Å².